The Morgan fingerprint density at radius 2 is 1.45 bits per heavy atom. The third-order valence-corrected chi connectivity index (χ3v) is 3.96. The van der Waals surface area contributed by atoms with E-state index in [0.29, 0.717) is 0 Å². The van der Waals surface area contributed by atoms with Crippen molar-refractivity contribution >= 4 is 5.57 Å². The van der Waals surface area contributed by atoms with Gasteiger partial charge in [0.2, 0.25) is 0 Å². The van der Waals surface area contributed by atoms with Gasteiger partial charge in [0.1, 0.15) is 0 Å². The molecule has 0 saturated heterocycles. The first-order chi connectivity index (χ1) is 13.9. The summed E-state index contributed by atoms with van der Waals surface area (Å²) in [5.41, 5.74) is 11.3. The smallest absolute Gasteiger partial charge is 0.0294 e. The van der Waals surface area contributed by atoms with Crippen molar-refractivity contribution in [3.63, 3.8) is 0 Å². The van der Waals surface area contributed by atoms with Gasteiger partial charge in [-0.05, 0) is 56.4 Å². The highest BCUT2D eigenvalue weighted by atomic mass is 14.6. The molecule has 0 spiro atoms. The number of nitrogens with two attached hydrogens (primary N) is 1. The van der Waals surface area contributed by atoms with Gasteiger partial charge >= 0.3 is 0 Å². The largest absolute Gasteiger partial charge is 0.324 e. The Labute approximate surface area is 182 Å². The van der Waals surface area contributed by atoms with Crippen LogP contribution in [0.15, 0.2) is 80.0 Å². The van der Waals surface area contributed by atoms with Crippen LogP contribution in [0.5, 0.6) is 0 Å². The summed E-state index contributed by atoms with van der Waals surface area (Å²) in [4.78, 5) is 0. The zero-order valence-corrected chi connectivity index (χ0v) is 20.3. The van der Waals surface area contributed by atoms with E-state index in [-0.39, 0.29) is 6.04 Å². The molecule has 1 unspecified atom stereocenters. The summed E-state index contributed by atoms with van der Waals surface area (Å²) in [5.74, 6) is 0. The second-order valence-corrected chi connectivity index (χ2v) is 6.44. The summed E-state index contributed by atoms with van der Waals surface area (Å²) in [6, 6.07) is 8.85. The Morgan fingerprint density at radius 1 is 0.966 bits per heavy atom. The maximum Gasteiger partial charge on any atom is 0.0294 e. The molecular weight excluding hydrogens is 350 g/mol. The summed E-state index contributed by atoms with van der Waals surface area (Å²) >= 11 is 0. The molecular formula is C28H47N. The maximum atomic E-state index is 6.25. The lowest BCUT2D eigenvalue weighted by molar-refractivity contribution is 0.581. The van der Waals surface area contributed by atoms with Crippen molar-refractivity contribution in [3.05, 3.63) is 91.1 Å². The van der Waals surface area contributed by atoms with Gasteiger partial charge < -0.3 is 5.73 Å². The number of allylic oxidation sites excluding steroid dienone is 7. The van der Waals surface area contributed by atoms with Crippen molar-refractivity contribution in [2.75, 3.05) is 0 Å². The molecule has 164 valence electrons. The number of hydrogen-bond acceptors (Lipinski definition) is 1. The molecule has 1 heteroatoms. The van der Waals surface area contributed by atoms with E-state index in [4.69, 9.17) is 5.73 Å². The van der Waals surface area contributed by atoms with Crippen LogP contribution in [-0.2, 0) is 0 Å². The lowest BCUT2D eigenvalue weighted by Crippen LogP contribution is -2.09. The SMILES string of the molecule is C=C/C=C\C(C)=C(/C)c1ccc(C(N)CCCCC)cc1.C=CC.C=CC.CC. The van der Waals surface area contributed by atoms with Gasteiger partial charge in [0.05, 0.1) is 0 Å². The zero-order valence-electron chi connectivity index (χ0n) is 20.3. The highest BCUT2D eigenvalue weighted by Crippen LogP contribution is 2.23. The molecule has 29 heavy (non-hydrogen) atoms. The third-order valence-electron chi connectivity index (χ3n) is 3.96. The fraction of sp³-hybridized carbons (Fsp3) is 0.429. The van der Waals surface area contributed by atoms with E-state index < -0.39 is 0 Å². The molecule has 1 atom stereocenters. The molecule has 0 aliphatic heterocycles. The van der Waals surface area contributed by atoms with Gasteiger partial charge in [-0.25, -0.2) is 0 Å². The van der Waals surface area contributed by atoms with Crippen LogP contribution in [0.1, 0.15) is 91.3 Å². The normalized spacial score (nSPS) is 11.3. The maximum absolute atomic E-state index is 6.25. The van der Waals surface area contributed by atoms with E-state index in [9.17, 15) is 0 Å². The quantitative estimate of drug-likeness (QED) is 0.264. The van der Waals surface area contributed by atoms with Gasteiger partial charge in [0.25, 0.3) is 0 Å². The second kappa shape index (κ2) is 23.9. The third kappa shape index (κ3) is 17.7. The van der Waals surface area contributed by atoms with Crippen LogP contribution in [0.3, 0.4) is 0 Å². The topological polar surface area (TPSA) is 26.0 Å². The Kier molecular flexibility index (Phi) is 26.0. The Morgan fingerprint density at radius 3 is 1.86 bits per heavy atom. The standard InChI is InChI=1S/C20H29N.2C3H6.C2H6/c1-5-7-9-11-20(21)19-14-12-18(13-15-19)17(4)16(3)10-8-6-2;2*1-3-2;1-2/h6,8,10,12-15,20H,2,5,7,9,11,21H2,1,3-4H3;2*3H,1H2,2H3;1-2H3/b10-8-,17-16+;;;. The van der Waals surface area contributed by atoms with Crippen LogP contribution in [0, 0.1) is 0 Å². The van der Waals surface area contributed by atoms with E-state index in [1.54, 1.807) is 18.2 Å². The Bertz CT molecular complexity index is 567. The van der Waals surface area contributed by atoms with E-state index in [1.807, 2.05) is 33.8 Å². The van der Waals surface area contributed by atoms with Gasteiger partial charge in [-0.15, -0.1) is 13.2 Å². The van der Waals surface area contributed by atoms with Crippen LogP contribution >= 0.6 is 0 Å². The zero-order chi connectivity index (χ0) is 23.1. The van der Waals surface area contributed by atoms with Crippen LogP contribution in [0.25, 0.3) is 5.57 Å². The Balaban J connectivity index is -0.000000732. The highest BCUT2D eigenvalue weighted by molar-refractivity contribution is 5.69. The van der Waals surface area contributed by atoms with Crippen molar-refractivity contribution in [2.45, 2.75) is 80.2 Å². The van der Waals surface area contributed by atoms with Crippen LogP contribution in [0.4, 0.5) is 0 Å². The average molecular weight is 398 g/mol. The molecule has 1 aromatic carbocycles. The molecule has 0 heterocycles. The predicted octanol–water partition coefficient (Wildman–Crippen LogP) is 9.21. The predicted molar refractivity (Wildman–Crippen MR) is 138 cm³/mol. The number of benzene rings is 1. The van der Waals surface area contributed by atoms with Gasteiger partial charge in [0, 0.05) is 6.04 Å². The molecule has 1 rings (SSSR count). The highest BCUT2D eigenvalue weighted by Gasteiger charge is 2.06. The lowest BCUT2D eigenvalue weighted by Gasteiger charge is -2.13. The summed E-state index contributed by atoms with van der Waals surface area (Å²) in [6.45, 7) is 24.7. The molecule has 1 nitrogen and oxygen atoms in total. The molecule has 0 radical (unpaired) electrons. The summed E-state index contributed by atoms with van der Waals surface area (Å²) in [6.07, 6.45) is 14.2. The van der Waals surface area contributed by atoms with Crippen molar-refractivity contribution < 1.29 is 0 Å². The molecule has 0 aliphatic rings. The minimum atomic E-state index is 0.164. The average Bonchev–Trinajstić information content (AvgIpc) is 2.74. The van der Waals surface area contributed by atoms with Crippen LogP contribution < -0.4 is 5.73 Å². The first-order valence-electron chi connectivity index (χ1n) is 10.9. The van der Waals surface area contributed by atoms with Gasteiger partial charge in [0.15, 0.2) is 0 Å². The van der Waals surface area contributed by atoms with Gasteiger partial charge in [-0.3, -0.25) is 0 Å². The van der Waals surface area contributed by atoms with E-state index >= 15 is 0 Å². The molecule has 0 saturated carbocycles. The monoisotopic (exact) mass is 397 g/mol. The number of unbranched alkanes of at least 4 members (excludes halogenated alkanes) is 2. The molecule has 0 aliphatic carbocycles. The van der Waals surface area contributed by atoms with E-state index in [2.05, 4.69) is 70.8 Å². The van der Waals surface area contributed by atoms with Crippen LogP contribution in [-0.4, -0.2) is 0 Å². The van der Waals surface area contributed by atoms with Crippen molar-refractivity contribution in [1.82, 2.24) is 0 Å². The molecule has 1 aromatic rings. The summed E-state index contributed by atoms with van der Waals surface area (Å²) < 4.78 is 0. The molecule has 0 aromatic heterocycles. The van der Waals surface area contributed by atoms with Crippen molar-refractivity contribution in [2.24, 2.45) is 5.73 Å². The molecule has 2 N–H and O–H groups in total. The van der Waals surface area contributed by atoms with Crippen molar-refractivity contribution in [3.8, 4) is 0 Å². The Hall–Kier alpha value is -2.12. The fourth-order valence-electron chi connectivity index (χ4n) is 2.33. The fourth-order valence-corrected chi connectivity index (χ4v) is 2.33. The number of rotatable bonds is 8. The van der Waals surface area contributed by atoms with E-state index in [1.165, 1.54) is 41.5 Å². The van der Waals surface area contributed by atoms with Gasteiger partial charge in [-0.2, -0.15) is 0 Å². The molecule has 0 amide bonds. The summed E-state index contributed by atoms with van der Waals surface area (Å²) in [7, 11) is 0. The van der Waals surface area contributed by atoms with Crippen LogP contribution in [0.2, 0.25) is 0 Å². The summed E-state index contributed by atoms with van der Waals surface area (Å²) in [5, 5.41) is 0. The minimum absolute atomic E-state index is 0.164. The lowest BCUT2D eigenvalue weighted by atomic mass is 9.97. The molecule has 0 fully saturated rings. The first-order valence-corrected chi connectivity index (χ1v) is 10.9. The van der Waals surface area contributed by atoms with E-state index in [0.717, 1.165) is 6.42 Å². The second-order valence-electron chi connectivity index (χ2n) is 6.44. The number of hydrogen-bond donors (Lipinski definition) is 1. The van der Waals surface area contributed by atoms with Gasteiger partial charge in [-0.1, -0.05) is 101 Å². The minimum Gasteiger partial charge on any atom is -0.324 e. The molecule has 0 bridgehead atoms. The van der Waals surface area contributed by atoms with Crippen molar-refractivity contribution in [1.29, 1.82) is 0 Å². The first kappa shape index (κ1) is 31.6.